The molecule has 1 rings (SSSR count). The van der Waals surface area contributed by atoms with Crippen LogP contribution in [0.2, 0.25) is 0 Å². The van der Waals surface area contributed by atoms with Crippen LogP contribution in [0.5, 0.6) is 0 Å². The van der Waals surface area contributed by atoms with Gasteiger partial charge in [0.25, 0.3) is 0 Å². The molecular weight excluding hydrogens is 268 g/mol. The van der Waals surface area contributed by atoms with E-state index < -0.39 is 37.3 Å². The van der Waals surface area contributed by atoms with Gasteiger partial charge in [-0.25, -0.2) is 16.8 Å². The minimum Gasteiger partial charge on any atom is -0.481 e. The molecule has 1 saturated heterocycles. The smallest absolute Gasteiger partial charge is 0.307 e. The molecule has 1 fully saturated rings. The Morgan fingerprint density at radius 3 is 2.18 bits per heavy atom. The van der Waals surface area contributed by atoms with E-state index >= 15 is 0 Å². The van der Waals surface area contributed by atoms with Crippen molar-refractivity contribution in [2.75, 3.05) is 23.5 Å². The van der Waals surface area contributed by atoms with E-state index in [0.717, 1.165) is 6.26 Å². The normalized spacial score (nSPS) is 23.1. The van der Waals surface area contributed by atoms with Crippen molar-refractivity contribution in [1.82, 2.24) is 0 Å². The predicted molar refractivity (Wildman–Crippen MR) is 62.2 cm³/mol. The van der Waals surface area contributed by atoms with Gasteiger partial charge in [0.2, 0.25) is 0 Å². The summed E-state index contributed by atoms with van der Waals surface area (Å²) in [6.07, 6.45) is 1.45. The molecule has 17 heavy (non-hydrogen) atoms. The van der Waals surface area contributed by atoms with Gasteiger partial charge in [-0.1, -0.05) is 0 Å². The van der Waals surface area contributed by atoms with Gasteiger partial charge in [0.05, 0.1) is 23.2 Å². The van der Waals surface area contributed by atoms with Gasteiger partial charge in [0.1, 0.15) is 19.7 Å². The maximum Gasteiger partial charge on any atom is 0.307 e. The molecule has 0 saturated carbocycles. The lowest BCUT2D eigenvalue weighted by Gasteiger charge is -2.26. The van der Waals surface area contributed by atoms with Crippen LogP contribution in [0.3, 0.4) is 0 Å². The molecule has 0 amide bonds. The van der Waals surface area contributed by atoms with Crippen molar-refractivity contribution in [2.24, 2.45) is 11.8 Å². The lowest BCUT2D eigenvalue weighted by atomic mass is 9.89. The molecule has 0 aromatic heterocycles. The summed E-state index contributed by atoms with van der Waals surface area (Å²) in [6, 6.07) is 0. The Balaban J connectivity index is 2.77. The fourth-order valence-electron chi connectivity index (χ4n) is 2.05. The predicted octanol–water partition coefficient (Wildman–Crippen LogP) is -0.443. The van der Waals surface area contributed by atoms with E-state index in [4.69, 9.17) is 5.11 Å². The van der Waals surface area contributed by atoms with E-state index in [2.05, 4.69) is 0 Å². The second-order valence-corrected chi connectivity index (χ2v) is 9.01. The Kier molecular flexibility index (Phi) is 4.19. The first kappa shape index (κ1) is 14.4. The van der Waals surface area contributed by atoms with Crippen molar-refractivity contribution < 1.29 is 26.7 Å². The Hall–Kier alpha value is -0.630. The first-order chi connectivity index (χ1) is 7.61. The summed E-state index contributed by atoms with van der Waals surface area (Å²) < 4.78 is 44.7. The molecule has 0 aromatic rings. The molecule has 0 aromatic carbocycles. The third kappa shape index (κ3) is 4.63. The number of sulfone groups is 2. The summed E-state index contributed by atoms with van der Waals surface area (Å²) in [5, 5.41) is 9.01. The van der Waals surface area contributed by atoms with Crippen LogP contribution in [0.4, 0.5) is 0 Å². The maximum atomic E-state index is 11.2. The lowest BCUT2D eigenvalue weighted by Crippen LogP contribution is -2.35. The second-order valence-electron chi connectivity index (χ2n) is 4.53. The van der Waals surface area contributed by atoms with Gasteiger partial charge >= 0.3 is 5.97 Å². The highest BCUT2D eigenvalue weighted by Crippen LogP contribution is 2.27. The highest BCUT2D eigenvalue weighted by Gasteiger charge is 2.35. The molecule has 1 N–H and O–H groups in total. The van der Waals surface area contributed by atoms with Crippen LogP contribution >= 0.6 is 0 Å². The van der Waals surface area contributed by atoms with E-state index in [0.29, 0.717) is 0 Å². The average Bonchev–Trinajstić information content (AvgIpc) is 2.13. The van der Waals surface area contributed by atoms with E-state index in [9.17, 15) is 21.6 Å². The summed E-state index contributed by atoms with van der Waals surface area (Å²) in [7, 11) is -6.44. The third-order valence-corrected chi connectivity index (χ3v) is 5.65. The summed E-state index contributed by atoms with van der Waals surface area (Å²) in [4.78, 5) is 11.0. The Morgan fingerprint density at radius 1 is 1.35 bits per heavy atom. The highest BCUT2D eigenvalue weighted by atomic mass is 32.2. The van der Waals surface area contributed by atoms with Gasteiger partial charge in [0, 0.05) is 6.26 Å². The number of hydrogen-bond donors (Lipinski definition) is 1. The molecule has 8 heteroatoms. The van der Waals surface area contributed by atoms with Crippen molar-refractivity contribution in [1.29, 1.82) is 0 Å². The molecular formula is C9H16O6S2. The largest absolute Gasteiger partial charge is 0.481 e. The standard InChI is InChI=1S/C9H16O6S2/c1-16(12,13)6-8(9(10)11)7-2-4-17(14,15)5-3-7/h7-8H,2-6H2,1H3,(H,10,11). The van der Waals surface area contributed by atoms with Crippen LogP contribution < -0.4 is 0 Å². The molecule has 0 bridgehead atoms. The van der Waals surface area contributed by atoms with Crippen molar-refractivity contribution in [2.45, 2.75) is 12.8 Å². The van der Waals surface area contributed by atoms with E-state index in [1.165, 1.54) is 0 Å². The van der Waals surface area contributed by atoms with Gasteiger partial charge in [-0.3, -0.25) is 4.79 Å². The molecule has 1 unspecified atom stereocenters. The monoisotopic (exact) mass is 284 g/mol. The molecule has 100 valence electrons. The number of aliphatic carboxylic acids is 1. The van der Waals surface area contributed by atoms with Crippen molar-refractivity contribution >= 4 is 25.6 Å². The zero-order chi connectivity index (χ0) is 13.3. The SMILES string of the molecule is CS(=O)(=O)CC(C(=O)O)C1CCS(=O)(=O)CC1. The molecule has 1 heterocycles. The van der Waals surface area contributed by atoms with Crippen molar-refractivity contribution in [3.8, 4) is 0 Å². The zero-order valence-electron chi connectivity index (χ0n) is 9.50. The van der Waals surface area contributed by atoms with Crippen molar-refractivity contribution in [3.63, 3.8) is 0 Å². The first-order valence-electron chi connectivity index (χ1n) is 5.22. The van der Waals surface area contributed by atoms with Crippen LogP contribution in [-0.2, 0) is 24.5 Å². The third-order valence-electron chi connectivity index (χ3n) is 2.97. The van der Waals surface area contributed by atoms with Crippen LogP contribution in [-0.4, -0.2) is 51.4 Å². The Morgan fingerprint density at radius 2 is 1.82 bits per heavy atom. The lowest BCUT2D eigenvalue weighted by molar-refractivity contribution is -0.142. The Bertz CT molecular complexity index is 476. The number of carboxylic acids is 1. The van der Waals surface area contributed by atoms with Crippen molar-refractivity contribution in [3.05, 3.63) is 0 Å². The molecule has 1 aliphatic rings. The van der Waals surface area contributed by atoms with Crippen LogP contribution in [0.1, 0.15) is 12.8 Å². The maximum absolute atomic E-state index is 11.2. The van der Waals surface area contributed by atoms with E-state index in [1.807, 2.05) is 0 Å². The first-order valence-corrected chi connectivity index (χ1v) is 9.10. The van der Waals surface area contributed by atoms with Crippen LogP contribution in [0.25, 0.3) is 0 Å². The molecule has 0 spiro atoms. The highest BCUT2D eigenvalue weighted by molar-refractivity contribution is 7.91. The minimum absolute atomic E-state index is 0.0504. The van der Waals surface area contributed by atoms with Gasteiger partial charge in [0.15, 0.2) is 0 Å². The topological polar surface area (TPSA) is 106 Å². The summed E-state index contributed by atoms with van der Waals surface area (Å²) in [6.45, 7) is 0. The number of rotatable bonds is 4. The fourth-order valence-corrected chi connectivity index (χ4v) is 4.64. The second kappa shape index (κ2) is 4.93. The summed E-state index contributed by atoms with van der Waals surface area (Å²) >= 11 is 0. The fraction of sp³-hybridized carbons (Fsp3) is 0.889. The van der Waals surface area contributed by atoms with Gasteiger partial charge in [-0.2, -0.15) is 0 Å². The number of carbonyl (C=O) groups is 1. The molecule has 0 aliphatic carbocycles. The molecule has 1 aliphatic heterocycles. The summed E-state index contributed by atoms with van der Waals surface area (Å²) in [5.41, 5.74) is 0. The van der Waals surface area contributed by atoms with E-state index in [1.54, 1.807) is 0 Å². The average molecular weight is 284 g/mol. The molecule has 6 nitrogen and oxygen atoms in total. The van der Waals surface area contributed by atoms with Gasteiger partial charge < -0.3 is 5.11 Å². The summed E-state index contributed by atoms with van der Waals surface area (Å²) in [5.74, 6) is -3.06. The quantitative estimate of drug-likeness (QED) is 0.750. The van der Waals surface area contributed by atoms with Gasteiger partial charge in [-0.05, 0) is 18.8 Å². The van der Waals surface area contributed by atoms with Crippen LogP contribution in [0, 0.1) is 11.8 Å². The minimum atomic E-state index is -3.38. The number of hydrogen-bond acceptors (Lipinski definition) is 5. The number of carboxylic acid groups (broad SMARTS) is 1. The van der Waals surface area contributed by atoms with Crippen LogP contribution in [0.15, 0.2) is 0 Å². The molecule has 1 atom stereocenters. The molecule has 0 radical (unpaired) electrons. The zero-order valence-corrected chi connectivity index (χ0v) is 11.1. The van der Waals surface area contributed by atoms with E-state index in [-0.39, 0.29) is 30.3 Å². The Labute approximate surface area is 101 Å². The van der Waals surface area contributed by atoms with Gasteiger partial charge in [-0.15, -0.1) is 0 Å².